The fourth-order valence-corrected chi connectivity index (χ4v) is 2.69. The minimum Gasteiger partial charge on any atom is -0.299 e. The van der Waals surface area contributed by atoms with Gasteiger partial charge < -0.3 is 0 Å². The summed E-state index contributed by atoms with van der Waals surface area (Å²) in [6, 6.07) is 13.1. The molecule has 3 N–H and O–H groups in total. The summed E-state index contributed by atoms with van der Waals surface area (Å²) in [7, 11) is 0. The summed E-state index contributed by atoms with van der Waals surface area (Å²) >= 11 is 8.62. The number of halogens is 2. The molecule has 25 heavy (non-hydrogen) atoms. The van der Waals surface area contributed by atoms with Crippen molar-refractivity contribution in [3.8, 4) is 5.69 Å². The molecular formula is C16H13BrFN5OS. The van der Waals surface area contributed by atoms with Crippen molar-refractivity contribution >= 4 is 39.7 Å². The fourth-order valence-electron chi connectivity index (χ4n) is 2.17. The molecule has 1 heterocycles. The van der Waals surface area contributed by atoms with Crippen LogP contribution in [0.5, 0.6) is 0 Å². The normalized spacial score (nSPS) is 10.5. The molecule has 6 nitrogen and oxygen atoms in total. The number of aromatic nitrogens is 3. The molecule has 2 aromatic carbocycles. The third-order valence-electron chi connectivity index (χ3n) is 3.34. The largest absolute Gasteiger partial charge is 0.299 e. The molecule has 0 spiro atoms. The minimum atomic E-state index is -0.345. The first kappa shape index (κ1) is 17.3. The summed E-state index contributed by atoms with van der Waals surface area (Å²) in [5, 5.41) is 6.81. The zero-order chi connectivity index (χ0) is 17.8. The van der Waals surface area contributed by atoms with Crippen molar-refractivity contribution < 1.29 is 9.18 Å². The highest BCUT2D eigenvalue weighted by molar-refractivity contribution is 9.10. The smallest absolute Gasteiger partial charge is 0.245 e. The third-order valence-corrected chi connectivity index (χ3v) is 4.14. The molecule has 0 atom stereocenters. The van der Waals surface area contributed by atoms with Crippen molar-refractivity contribution in [3.63, 3.8) is 0 Å². The van der Waals surface area contributed by atoms with Gasteiger partial charge >= 0.3 is 0 Å². The molecule has 0 bridgehead atoms. The standard InChI is InChI=1S/C16H13BrFN5OS/c17-10-1-7-13(8-2-10)23-14(20-22-16(23)25)9-15(24)21-19-12-5-3-11(18)4-6-12/h1-8,19H,9H2,(H,21,24)(H,22,25). The number of amides is 1. The van der Waals surface area contributed by atoms with Gasteiger partial charge in [-0.05, 0) is 60.7 Å². The van der Waals surface area contributed by atoms with Crippen molar-refractivity contribution in [2.75, 3.05) is 5.43 Å². The predicted molar refractivity (Wildman–Crippen MR) is 98.3 cm³/mol. The third kappa shape index (κ3) is 4.31. The number of hydrogen-bond acceptors (Lipinski definition) is 4. The fraction of sp³-hybridized carbons (Fsp3) is 0.0625. The number of hydrazine groups is 1. The lowest BCUT2D eigenvalue weighted by Crippen LogP contribution is -2.31. The SMILES string of the molecule is O=C(Cc1n[nH]c(=S)n1-c1ccc(Br)cc1)NNc1ccc(F)cc1. The second-order valence-electron chi connectivity index (χ2n) is 5.11. The lowest BCUT2D eigenvalue weighted by atomic mass is 10.3. The topological polar surface area (TPSA) is 74.7 Å². The van der Waals surface area contributed by atoms with Gasteiger partial charge in [0.2, 0.25) is 5.91 Å². The van der Waals surface area contributed by atoms with E-state index in [1.165, 1.54) is 24.3 Å². The molecular weight excluding hydrogens is 409 g/mol. The van der Waals surface area contributed by atoms with E-state index in [1.807, 2.05) is 24.3 Å². The van der Waals surface area contributed by atoms with E-state index < -0.39 is 0 Å². The van der Waals surface area contributed by atoms with E-state index in [9.17, 15) is 9.18 Å². The van der Waals surface area contributed by atoms with Crippen LogP contribution in [0.1, 0.15) is 5.82 Å². The monoisotopic (exact) mass is 421 g/mol. The van der Waals surface area contributed by atoms with E-state index in [2.05, 4.69) is 37.0 Å². The highest BCUT2D eigenvalue weighted by Crippen LogP contribution is 2.16. The van der Waals surface area contributed by atoms with Crippen LogP contribution >= 0.6 is 28.1 Å². The number of carbonyl (C=O) groups is 1. The minimum absolute atomic E-state index is 0.0113. The van der Waals surface area contributed by atoms with Crippen LogP contribution in [0.2, 0.25) is 0 Å². The van der Waals surface area contributed by atoms with Crippen molar-refractivity contribution in [1.29, 1.82) is 0 Å². The second-order valence-corrected chi connectivity index (χ2v) is 6.42. The number of anilines is 1. The van der Waals surface area contributed by atoms with E-state index in [-0.39, 0.29) is 18.1 Å². The van der Waals surface area contributed by atoms with Crippen LogP contribution in [0.15, 0.2) is 53.0 Å². The lowest BCUT2D eigenvalue weighted by Gasteiger charge is -2.09. The average molecular weight is 422 g/mol. The Kier molecular flexibility index (Phi) is 5.25. The molecule has 128 valence electrons. The van der Waals surface area contributed by atoms with E-state index in [0.717, 1.165) is 10.2 Å². The maximum Gasteiger partial charge on any atom is 0.245 e. The molecule has 1 aromatic heterocycles. The number of carbonyl (C=O) groups excluding carboxylic acids is 1. The Balaban J connectivity index is 1.70. The molecule has 9 heteroatoms. The van der Waals surface area contributed by atoms with Crippen LogP contribution in [0.4, 0.5) is 10.1 Å². The van der Waals surface area contributed by atoms with Crippen LogP contribution < -0.4 is 10.9 Å². The summed E-state index contributed by atoms with van der Waals surface area (Å²) in [5.74, 6) is -0.177. The van der Waals surface area contributed by atoms with Gasteiger partial charge in [-0.15, -0.1) is 0 Å². The van der Waals surface area contributed by atoms with Gasteiger partial charge in [0, 0.05) is 10.2 Å². The van der Waals surface area contributed by atoms with Gasteiger partial charge in [0.25, 0.3) is 0 Å². The molecule has 3 rings (SSSR count). The summed E-state index contributed by atoms with van der Waals surface area (Å²) in [6.07, 6.45) is 0.0113. The first-order valence-corrected chi connectivity index (χ1v) is 8.46. The van der Waals surface area contributed by atoms with Gasteiger partial charge in [0.1, 0.15) is 11.6 Å². The lowest BCUT2D eigenvalue weighted by molar-refractivity contribution is -0.120. The molecule has 0 aliphatic heterocycles. The number of H-pyrrole nitrogens is 1. The molecule has 1 amide bonds. The van der Waals surface area contributed by atoms with E-state index in [1.54, 1.807) is 4.57 Å². The van der Waals surface area contributed by atoms with E-state index >= 15 is 0 Å². The van der Waals surface area contributed by atoms with Gasteiger partial charge in [0.15, 0.2) is 4.77 Å². The second kappa shape index (κ2) is 7.58. The van der Waals surface area contributed by atoms with Gasteiger partial charge in [0.05, 0.1) is 12.1 Å². The average Bonchev–Trinajstić information content (AvgIpc) is 2.95. The van der Waals surface area contributed by atoms with Gasteiger partial charge in [-0.25, -0.2) is 4.39 Å². The van der Waals surface area contributed by atoms with Crippen LogP contribution in [0.3, 0.4) is 0 Å². The first-order valence-electron chi connectivity index (χ1n) is 7.25. The Morgan fingerprint density at radius 3 is 2.56 bits per heavy atom. The summed E-state index contributed by atoms with van der Waals surface area (Å²) < 4.78 is 15.9. The van der Waals surface area contributed by atoms with Crippen LogP contribution in [0.25, 0.3) is 5.69 Å². The van der Waals surface area contributed by atoms with E-state index in [4.69, 9.17) is 12.2 Å². The molecule has 3 aromatic rings. The number of aromatic amines is 1. The Hall–Kier alpha value is -2.52. The number of nitrogens with one attached hydrogen (secondary N) is 3. The van der Waals surface area contributed by atoms with E-state index in [0.29, 0.717) is 16.3 Å². The number of nitrogens with zero attached hydrogens (tertiary/aromatic N) is 2. The number of hydrogen-bond donors (Lipinski definition) is 3. The molecule has 0 radical (unpaired) electrons. The molecule has 0 saturated carbocycles. The zero-order valence-electron chi connectivity index (χ0n) is 12.8. The Bertz CT molecular complexity index is 936. The van der Waals surface area contributed by atoms with Crippen molar-refractivity contribution in [2.45, 2.75) is 6.42 Å². The van der Waals surface area contributed by atoms with Crippen molar-refractivity contribution in [2.24, 2.45) is 0 Å². The van der Waals surface area contributed by atoms with Gasteiger partial charge in [-0.3, -0.25) is 25.3 Å². The first-order chi connectivity index (χ1) is 12.0. The number of rotatable bonds is 5. The Morgan fingerprint density at radius 2 is 1.88 bits per heavy atom. The maximum absolute atomic E-state index is 12.9. The quantitative estimate of drug-likeness (QED) is 0.435. The predicted octanol–water partition coefficient (Wildman–Crippen LogP) is 3.52. The molecule has 0 aliphatic carbocycles. The zero-order valence-corrected chi connectivity index (χ0v) is 15.2. The highest BCUT2D eigenvalue weighted by atomic mass is 79.9. The molecule has 0 unspecified atom stereocenters. The van der Waals surface area contributed by atoms with Gasteiger partial charge in [-0.1, -0.05) is 15.9 Å². The van der Waals surface area contributed by atoms with Gasteiger partial charge in [-0.2, -0.15) is 5.10 Å². The summed E-state index contributed by atoms with van der Waals surface area (Å²) in [4.78, 5) is 12.1. The van der Waals surface area contributed by atoms with Crippen molar-refractivity contribution in [1.82, 2.24) is 20.2 Å². The number of benzene rings is 2. The van der Waals surface area contributed by atoms with Crippen LogP contribution in [-0.2, 0) is 11.2 Å². The summed E-state index contributed by atoms with van der Waals surface area (Å²) in [5.41, 5.74) is 6.64. The summed E-state index contributed by atoms with van der Waals surface area (Å²) in [6.45, 7) is 0. The maximum atomic E-state index is 12.9. The highest BCUT2D eigenvalue weighted by Gasteiger charge is 2.12. The Labute approximate surface area is 156 Å². The molecule has 0 fully saturated rings. The van der Waals surface area contributed by atoms with Crippen molar-refractivity contribution in [3.05, 3.63) is 69.4 Å². The molecule has 0 aliphatic rings. The van der Waals surface area contributed by atoms with Crippen LogP contribution in [0, 0.1) is 10.6 Å². The Morgan fingerprint density at radius 1 is 1.20 bits per heavy atom. The van der Waals surface area contributed by atoms with Crippen LogP contribution in [-0.4, -0.2) is 20.7 Å². The molecule has 0 saturated heterocycles.